The molecule has 23 heavy (non-hydrogen) atoms. The number of halogens is 4. The minimum absolute atomic E-state index is 0.100. The molecular formula is C16H17ClF3N3. The number of fused-ring (bicyclic) bond motifs is 1. The first-order valence-electron chi connectivity index (χ1n) is 7.56. The Hall–Kier alpha value is -1.53. The van der Waals surface area contributed by atoms with E-state index in [0.29, 0.717) is 12.1 Å². The molecule has 1 aromatic carbocycles. The summed E-state index contributed by atoms with van der Waals surface area (Å²) in [5.41, 5.74) is 8.46. The summed E-state index contributed by atoms with van der Waals surface area (Å²) in [7, 11) is 0. The van der Waals surface area contributed by atoms with Gasteiger partial charge in [0, 0.05) is 17.3 Å². The number of hydrogen-bond acceptors (Lipinski definition) is 2. The minimum Gasteiger partial charge on any atom is -0.324 e. The lowest BCUT2D eigenvalue weighted by Gasteiger charge is -2.20. The smallest absolute Gasteiger partial charge is 0.324 e. The Morgan fingerprint density at radius 1 is 1.39 bits per heavy atom. The van der Waals surface area contributed by atoms with Crippen molar-refractivity contribution in [3.8, 4) is 5.69 Å². The summed E-state index contributed by atoms with van der Waals surface area (Å²) < 4.78 is 40.8. The van der Waals surface area contributed by atoms with Crippen molar-refractivity contribution in [2.75, 3.05) is 0 Å². The molecule has 7 heteroatoms. The molecule has 0 bridgehead atoms. The third kappa shape index (κ3) is 2.85. The first-order chi connectivity index (χ1) is 10.8. The van der Waals surface area contributed by atoms with E-state index in [9.17, 15) is 13.2 Å². The van der Waals surface area contributed by atoms with Gasteiger partial charge in [-0.25, -0.2) is 4.68 Å². The summed E-state index contributed by atoms with van der Waals surface area (Å²) in [6.07, 6.45) is -1.25. The molecule has 0 fully saturated rings. The molecule has 0 radical (unpaired) electrons. The van der Waals surface area contributed by atoms with E-state index in [1.54, 1.807) is 10.7 Å². The summed E-state index contributed by atoms with van der Waals surface area (Å²) in [6, 6.07) is 3.78. The number of nitrogens with zero attached hydrogens (tertiary/aromatic N) is 2. The number of rotatable bonds is 2. The molecule has 1 aromatic heterocycles. The first-order valence-corrected chi connectivity index (χ1v) is 7.94. The third-order valence-electron chi connectivity index (χ3n) is 4.23. The molecule has 1 aliphatic carbocycles. The van der Waals surface area contributed by atoms with Gasteiger partial charge in [0.2, 0.25) is 0 Å². The molecule has 0 saturated heterocycles. The maximum Gasteiger partial charge on any atom is 0.417 e. The minimum atomic E-state index is -4.50. The molecule has 0 amide bonds. The zero-order valence-corrected chi connectivity index (χ0v) is 13.4. The topological polar surface area (TPSA) is 43.8 Å². The molecule has 2 N–H and O–H groups in total. The van der Waals surface area contributed by atoms with E-state index < -0.39 is 11.7 Å². The monoisotopic (exact) mass is 343 g/mol. The van der Waals surface area contributed by atoms with E-state index in [0.717, 1.165) is 42.3 Å². The van der Waals surface area contributed by atoms with Gasteiger partial charge in [0.05, 0.1) is 22.0 Å². The molecule has 0 spiro atoms. The standard InChI is InChI=1S/C16H17ClF3N3/c1-2-13-15-12(21)4-3-5-14(15)23(22-13)9-6-7-11(17)10(8-9)16(18,19)20/h6-8,12H,2-5,21H2,1H3. The molecule has 3 rings (SSSR count). The van der Waals surface area contributed by atoms with Crippen molar-refractivity contribution in [1.29, 1.82) is 0 Å². The van der Waals surface area contributed by atoms with E-state index in [1.807, 2.05) is 6.92 Å². The van der Waals surface area contributed by atoms with Crippen LogP contribution in [-0.4, -0.2) is 9.78 Å². The number of nitrogens with two attached hydrogens (primary N) is 1. The zero-order valence-electron chi connectivity index (χ0n) is 12.6. The van der Waals surface area contributed by atoms with Crippen LogP contribution in [0.3, 0.4) is 0 Å². The van der Waals surface area contributed by atoms with Crippen LogP contribution in [0.5, 0.6) is 0 Å². The van der Waals surface area contributed by atoms with Gasteiger partial charge in [0.25, 0.3) is 0 Å². The lowest BCUT2D eigenvalue weighted by atomic mass is 9.91. The zero-order chi connectivity index (χ0) is 16.8. The van der Waals surface area contributed by atoms with Gasteiger partial charge in [-0.05, 0) is 43.9 Å². The molecule has 1 heterocycles. The van der Waals surface area contributed by atoms with E-state index in [2.05, 4.69) is 5.10 Å². The second-order valence-electron chi connectivity index (χ2n) is 5.73. The normalized spacial score (nSPS) is 18.1. The Bertz CT molecular complexity index is 737. The largest absolute Gasteiger partial charge is 0.417 e. The average Bonchev–Trinajstić information content (AvgIpc) is 2.87. The highest BCUT2D eigenvalue weighted by molar-refractivity contribution is 6.31. The predicted octanol–water partition coefficient (Wildman–Crippen LogP) is 4.44. The molecule has 1 unspecified atom stereocenters. The summed E-state index contributed by atoms with van der Waals surface area (Å²) in [5, 5.41) is 4.20. The van der Waals surface area contributed by atoms with Crippen LogP contribution < -0.4 is 5.73 Å². The lowest BCUT2D eigenvalue weighted by molar-refractivity contribution is -0.137. The molecule has 0 saturated carbocycles. The highest BCUT2D eigenvalue weighted by Gasteiger charge is 2.34. The molecule has 0 aliphatic heterocycles. The van der Waals surface area contributed by atoms with E-state index >= 15 is 0 Å². The van der Waals surface area contributed by atoms with Crippen LogP contribution in [0.1, 0.15) is 48.3 Å². The summed E-state index contributed by atoms with van der Waals surface area (Å²) in [6.45, 7) is 1.97. The van der Waals surface area contributed by atoms with Crippen LogP contribution >= 0.6 is 11.6 Å². The predicted molar refractivity (Wildman–Crippen MR) is 82.8 cm³/mol. The van der Waals surface area contributed by atoms with E-state index in [4.69, 9.17) is 17.3 Å². The maximum atomic E-state index is 13.1. The highest BCUT2D eigenvalue weighted by atomic mass is 35.5. The van der Waals surface area contributed by atoms with Crippen LogP contribution in [0.25, 0.3) is 5.69 Å². The van der Waals surface area contributed by atoms with Crippen LogP contribution in [0.2, 0.25) is 5.02 Å². The van der Waals surface area contributed by atoms with Crippen LogP contribution in [0, 0.1) is 0 Å². The lowest BCUT2D eigenvalue weighted by Crippen LogP contribution is -2.19. The Balaban J connectivity index is 2.17. The van der Waals surface area contributed by atoms with Crippen molar-refractivity contribution >= 4 is 11.6 Å². The highest BCUT2D eigenvalue weighted by Crippen LogP contribution is 2.37. The Morgan fingerprint density at radius 2 is 2.13 bits per heavy atom. The Labute approximate surface area is 137 Å². The SMILES string of the molecule is CCc1nn(-c2ccc(Cl)c(C(F)(F)F)c2)c2c1C(N)CCC2. The average molecular weight is 344 g/mol. The van der Waals surface area contributed by atoms with Gasteiger partial charge in [-0.3, -0.25) is 0 Å². The fourth-order valence-corrected chi connectivity index (χ4v) is 3.38. The van der Waals surface area contributed by atoms with Crippen molar-refractivity contribution in [3.63, 3.8) is 0 Å². The van der Waals surface area contributed by atoms with Crippen molar-refractivity contribution < 1.29 is 13.2 Å². The Kier molecular flexibility index (Phi) is 4.14. The maximum absolute atomic E-state index is 13.1. The molecule has 124 valence electrons. The van der Waals surface area contributed by atoms with Gasteiger partial charge in [0.1, 0.15) is 0 Å². The second-order valence-corrected chi connectivity index (χ2v) is 6.14. The fourth-order valence-electron chi connectivity index (χ4n) is 3.15. The molecule has 1 aliphatic rings. The van der Waals surface area contributed by atoms with Gasteiger partial charge < -0.3 is 5.73 Å². The van der Waals surface area contributed by atoms with Crippen molar-refractivity contribution in [2.24, 2.45) is 5.73 Å². The fraction of sp³-hybridized carbons (Fsp3) is 0.438. The van der Waals surface area contributed by atoms with Crippen molar-refractivity contribution in [3.05, 3.63) is 45.7 Å². The van der Waals surface area contributed by atoms with Gasteiger partial charge in [-0.2, -0.15) is 18.3 Å². The van der Waals surface area contributed by atoms with Crippen LogP contribution in [0.4, 0.5) is 13.2 Å². The number of aryl methyl sites for hydroxylation is 1. The van der Waals surface area contributed by atoms with Gasteiger partial charge in [-0.1, -0.05) is 18.5 Å². The molecule has 1 atom stereocenters. The second kappa shape index (κ2) is 5.83. The van der Waals surface area contributed by atoms with Gasteiger partial charge in [0.15, 0.2) is 0 Å². The summed E-state index contributed by atoms with van der Waals surface area (Å²) >= 11 is 5.70. The summed E-state index contributed by atoms with van der Waals surface area (Å²) in [5.74, 6) is 0. The molecule has 3 nitrogen and oxygen atoms in total. The first kappa shape index (κ1) is 16.3. The third-order valence-corrected chi connectivity index (χ3v) is 4.56. The Morgan fingerprint density at radius 3 is 2.78 bits per heavy atom. The number of aromatic nitrogens is 2. The van der Waals surface area contributed by atoms with Crippen molar-refractivity contribution in [1.82, 2.24) is 9.78 Å². The van der Waals surface area contributed by atoms with Crippen LogP contribution in [0.15, 0.2) is 18.2 Å². The van der Waals surface area contributed by atoms with Gasteiger partial charge >= 0.3 is 6.18 Å². The quantitative estimate of drug-likeness (QED) is 0.875. The summed E-state index contributed by atoms with van der Waals surface area (Å²) in [4.78, 5) is 0. The molecule has 2 aromatic rings. The van der Waals surface area contributed by atoms with E-state index in [-0.39, 0.29) is 11.1 Å². The number of benzene rings is 1. The number of alkyl halides is 3. The number of hydrogen-bond donors (Lipinski definition) is 1. The van der Waals surface area contributed by atoms with Crippen LogP contribution in [-0.2, 0) is 19.0 Å². The van der Waals surface area contributed by atoms with Crippen molar-refractivity contribution in [2.45, 2.75) is 44.8 Å². The molecular weight excluding hydrogens is 327 g/mol. The van der Waals surface area contributed by atoms with Gasteiger partial charge in [-0.15, -0.1) is 0 Å². The van der Waals surface area contributed by atoms with E-state index in [1.165, 1.54) is 6.07 Å².